The Morgan fingerprint density at radius 1 is 1.20 bits per heavy atom. The molecule has 2 aromatic rings. The molecule has 0 spiro atoms. The fourth-order valence-corrected chi connectivity index (χ4v) is 2.30. The molecule has 0 bridgehead atoms. The SMILES string of the molecule is C=N/C(=C\C=C(/C)C(=O)NCc1cc(-c2ccccc2C(F)(F)F)no1)C(F)(F)F. The van der Waals surface area contributed by atoms with Crippen molar-refractivity contribution in [2.75, 3.05) is 0 Å². The monoisotopic (exact) mass is 431 g/mol. The highest BCUT2D eigenvalue weighted by atomic mass is 19.4. The second kappa shape index (κ2) is 8.97. The van der Waals surface area contributed by atoms with E-state index in [1.54, 1.807) is 0 Å². The van der Waals surface area contributed by atoms with E-state index in [4.69, 9.17) is 4.52 Å². The number of carbonyl (C=O) groups excluding carboxylic acids is 1. The molecule has 0 aliphatic carbocycles. The Bertz CT molecular complexity index is 987. The highest BCUT2D eigenvalue weighted by molar-refractivity contribution is 5.93. The van der Waals surface area contributed by atoms with E-state index in [1.807, 2.05) is 0 Å². The van der Waals surface area contributed by atoms with Gasteiger partial charge in [0.05, 0.1) is 12.1 Å². The number of rotatable bonds is 6. The van der Waals surface area contributed by atoms with E-state index in [9.17, 15) is 31.1 Å². The number of allylic oxidation sites excluding steroid dienone is 3. The van der Waals surface area contributed by atoms with Crippen LogP contribution in [0.15, 0.2) is 63.3 Å². The molecule has 1 heterocycles. The molecule has 0 fully saturated rings. The number of benzene rings is 1. The van der Waals surface area contributed by atoms with Crippen LogP contribution in [0.4, 0.5) is 26.3 Å². The lowest BCUT2D eigenvalue weighted by Gasteiger charge is -2.10. The molecule has 0 radical (unpaired) electrons. The molecule has 5 nitrogen and oxygen atoms in total. The third-order valence-electron chi connectivity index (χ3n) is 3.80. The summed E-state index contributed by atoms with van der Waals surface area (Å²) in [5.74, 6) is -0.659. The van der Waals surface area contributed by atoms with E-state index in [1.165, 1.54) is 31.2 Å². The fraction of sp³-hybridized carbons (Fsp3) is 0.211. The first-order valence-electron chi connectivity index (χ1n) is 8.26. The summed E-state index contributed by atoms with van der Waals surface area (Å²) in [6.45, 7) is 3.85. The van der Waals surface area contributed by atoms with Crippen molar-refractivity contribution in [3.63, 3.8) is 0 Å². The fourth-order valence-electron chi connectivity index (χ4n) is 2.30. The smallest absolute Gasteiger partial charge is 0.359 e. The second-order valence-electron chi connectivity index (χ2n) is 5.96. The summed E-state index contributed by atoms with van der Waals surface area (Å²) in [6.07, 6.45) is -7.78. The largest absolute Gasteiger partial charge is 0.433 e. The van der Waals surface area contributed by atoms with Gasteiger partial charge in [-0.05, 0) is 25.8 Å². The van der Waals surface area contributed by atoms with E-state index in [2.05, 4.69) is 22.2 Å². The van der Waals surface area contributed by atoms with Gasteiger partial charge in [0.1, 0.15) is 11.4 Å². The van der Waals surface area contributed by atoms with E-state index in [-0.39, 0.29) is 29.1 Å². The summed E-state index contributed by atoms with van der Waals surface area (Å²) in [5, 5.41) is 5.96. The van der Waals surface area contributed by atoms with Crippen LogP contribution in [0.5, 0.6) is 0 Å². The van der Waals surface area contributed by atoms with Crippen molar-refractivity contribution in [2.45, 2.75) is 25.8 Å². The Hall–Kier alpha value is -3.37. The zero-order chi connectivity index (χ0) is 22.5. The average Bonchev–Trinajstić information content (AvgIpc) is 3.13. The van der Waals surface area contributed by atoms with Crippen molar-refractivity contribution >= 4 is 12.6 Å². The van der Waals surface area contributed by atoms with Crippen LogP contribution in [-0.2, 0) is 17.5 Å². The number of nitrogens with zero attached hydrogens (tertiary/aromatic N) is 2. The molecule has 0 aliphatic heterocycles. The number of amides is 1. The summed E-state index contributed by atoms with van der Waals surface area (Å²) >= 11 is 0. The van der Waals surface area contributed by atoms with Gasteiger partial charge in [-0.15, -0.1) is 0 Å². The third kappa shape index (κ3) is 5.82. The minimum absolute atomic E-state index is 0.0578. The highest BCUT2D eigenvalue weighted by Crippen LogP contribution is 2.36. The summed E-state index contributed by atoms with van der Waals surface area (Å²) in [5.41, 5.74) is -2.49. The van der Waals surface area contributed by atoms with Crippen molar-refractivity contribution < 1.29 is 35.7 Å². The van der Waals surface area contributed by atoms with E-state index in [0.29, 0.717) is 6.08 Å². The van der Waals surface area contributed by atoms with Crippen LogP contribution in [0, 0.1) is 0 Å². The quantitative estimate of drug-likeness (QED) is 0.301. The highest BCUT2D eigenvalue weighted by Gasteiger charge is 2.34. The standard InChI is InChI=1S/C19H15F6N3O2/c1-11(7-8-16(26-2)19(23,24)25)17(29)27-10-12-9-15(28-30-12)13-5-3-4-6-14(13)18(20,21)22/h3-9H,2,10H2,1H3,(H,27,29)/b11-7+,16-8-. The number of aromatic nitrogens is 1. The molecule has 1 N–H and O–H groups in total. The first kappa shape index (κ1) is 22.9. The number of hydrogen-bond donors (Lipinski definition) is 1. The van der Waals surface area contributed by atoms with Crippen molar-refractivity contribution in [1.82, 2.24) is 10.5 Å². The topological polar surface area (TPSA) is 67.5 Å². The summed E-state index contributed by atoms with van der Waals surface area (Å²) in [4.78, 5) is 14.8. The number of carbonyl (C=O) groups is 1. The van der Waals surface area contributed by atoms with Gasteiger partial charge in [-0.25, -0.2) is 0 Å². The van der Waals surface area contributed by atoms with Crippen LogP contribution in [0.25, 0.3) is 11.3 Å². The first-order valence-corrected chi connectivity index (χ1v) is 8.26. The normalized spacial score (nSPS) is 13.3. The number of halogens is 6. The molecule has 0 saturated carbocycles. The van der Waals surface area contributed by atoms with Gasteiger partial charge in [0, 0.05) is 17.2 Å². The Morgan fingerprint density at radius 2 is 1.87 bits per heavy atom. The Labute approximate surface area is 166 Å². The third-order valence-corrected chi connectivity index (χ3v) is 3.80. The van der Waals surface area contributed by atoms with Crippen LogP contribution >= 0.6 is 0 Å². The van der Waals surface area contributed by atoms with Crippen LogP contribution in [-0.4, -0.2) is 24.0 Å². The van der Waals surface area contributed by atoms with Crippen LogP contribution in [0.3, 0.4) is 0 Å². The Kier molecular flexibility index (Phi) is 6.85. The minimum Gasteiger partial charge on any atom is -0.359 e. The molecular weight excluding hydrogens is 416 g/mol. The molecule has 0 unspecified atom stereocenters. The predicted octanol–water partition coefficient (Wildman–Crippen LogP) is 5.07. The molecule has 30 heavy (non-hydrogen) atoms. The van der Waals surface area contributed by atoms with E-state index in [0.717, 1.165) is 12.1 Å². The van der Waals surface area contributed by atoms with Gasteiger partial charge in [0.2, 0.25) is 5.91 Å². The van der Waals surface area contributed by atoms with Gasteiger partial charge in [-0.1, -0.05) is 29.4 Å². The number of nitrogens with one attached hydrogen (secondary N) is 1. The van der Waals surface area contributed by atoms with E-state index >= 15 is 0 Å². The van der Waals surface area contributed by atoms with Gasteiger partial charge in [-0.2, -0.15) is 26.3 Å². The lowest BCUT2D eigenvalue weighted by Crippen LogP contribution is -2.23. The van der Waals surface area contributed by atoms with Gasteiger partial charge < -0.3 is 9.84 Å². The maximum atomic E-state index is 13.1. The molecule has 0 saturated heterocycles. The number of alkyl halides is 6. The predicted molar refractivity (Wildman–Crippen MR) is 96.2 cm³/mol. The van der Waals surface area contributed by atoms with E-state index < -0.39 is 29.5 Å². The molecule has 0 atom stereocenters. The number of aliphatic imine (C=N–C) groups is 1. The summed E-state index contributed by atoms with van der Waals surface area (Å²) < 4.78 is 81.9. The van der Waals surface area contributed by atoms with Crippen LogP contribution in [0.1, 0.15) is 18.2 Å². The lowest BCUT2D eigenvalue weighted by atomic mass is 10.0. The van der Waals surface area contributed by atoms with Crippen molar-refractivity contribution in [3.8, 4) is 11.3 Å². The molecule has 1 aromatic carbocycles. The lowest BCUT2D eigenvalue weighted by molar-refractivity contribution is -0.137. The van der Waals surface area contributed by atoms with Crippen LogP contribution in [0.2, 0.25) is 0 Å². The minimum atomic E-state index is -4.71. The summed E-state index contributed by atoms with van der Waals surface area (Å²) in [7, 11) is 0. The zero-order valence-corrected chi connectivity index (χ0v) is 15.4. The first-order chi connectivity index (χ1) is 13.9. The Morgan fingerprint density at radius 3 is 2.47 bits per heavy atom. The maximum Gasteiger partial charge on any atom is 0.433 e. The average molecular weight is 431 g/mol. The summed E-state index contributed by atoms with van der Waals surface area (Å²) in [6, 6.07) is 6.01. The van der Waals surface area contributed by atoms with Crippen molar-refractivity contribution in [3.05, 3.63) is 65.1 Å². The molecule has 11 heteroatoms. The van der Waals surface area contributed by atoms with Gasteiger partial charge in [0.25, 0.3) is 0 Å². The maximum absolute atomic E-state index is 13.1. The van der Waals surface area contributed by atoms with Crippen molar-refractivity contribution in [1.29, 1.82) is 0 Å². The molecule has 1 aromatic heterocycles. The molecule has 2 rings (SSSR count). The molecule has 160 valence electrons. The molecular formula is C19H15F6N3O2. The molecule has 1 amide bonds. The van der Waals surface area contributed by atoms with Gasteiger partial charge >= 0.3 is 12.4 Å². The molecule has 0 aliphatic rings. The van der Waals surface area contributed by atoms with Gasteiger partial charge in [-0.3, -0.25) is 9.79 Å². The number of hydrogen-bond acceptors (Lipinski definition) is 4. The van der Waals surface area contributed by atoms with Crippen molar-refractivity contribution in [2.24, 2.45) is 4.99 Å². The zero-order valence-electron chi connectivity index (χ0n) is 15.4. The Balaban J connectivity index is 2.10. The van der Waals surface area contributed by atoms with Gasteiger partial charge in [0.15, 0.2) is 5.76 Å². The second-order valence-corrected chi connectivity index (χ2v) is 5.96. The van der Waals surface area contributed by atoms with Crippen LogP contribution < -0.4 is 5.32 Å².